The smallest absolute Gasteiger partial charge is 0.118 e. The van der Waals surface area contributed by atoms with Gasteiger partial charge in [0, 0.05) is 19.7 Å². The van der Waals surface area contributed by atoms with Crippen LogP contribution in [0, 0.1) is 5.92 Å². The van der Waals surface area contributed by atoms with Gasteiger partial charge in [0.1, 0.15) is 5.75 Å². The van der Waals surface area contributed by atoms with Gasteiger partial charge < -0.3 is 19.5 Å². The first-order valence-electron chi connectivity index (χ1n) is 8.59. The number of rotatable bonds is 13. The van der Waals surface area contributed by atoms with Crippen LogP contribution in [0.5, 0.6) is 5.75 Å². The molecule has 0 fully saturated rings. The van der Waals surface area contributed by atoms with Crippen LogP contribution in [0.25, 0.3) is 0 Å². The molecule has 0 amide bonds. The number of aliphatic hydroxyl groups excluding tert-OH is 1. The third-order valence-corrected chi connectivity index (χ3v) is 4.48. The summed E-state index contributed by atoms with van der Waals surface area (Å²) in [5.74, 6) is 0.504. The van der Waals surface area contributed by atoms with E-state index in [0.29, 0.717) is 37.7 Å². The molecule has 5 heteroatoms. The average Bonchev–Trinajstić information content (AvgIpc) is 2.66. The largest absolute Gasteiger partial charge is 0.497 e. The average molecular weight is 376 g/mol. The Morgan fingerprint density at radius 2 is 1.81 bits per heavy atom. The van der Waals surface area contributed by atoms with Crippen molar-refractivity contribution >= 4 is 17.2 Å². The third kappa shape index (κ3) is 7.12. The van der Waals surface area contributed by atoms with Crippen LogP contribution >= 0.6 is 12.2 Å². The van der Waals surface area contributed by atoms with E-state index in [4.69, 9.17) is 21.7 Å². The minimum atomic E-state index is -0.645. The summed E-state index contributed by atoms with van der Waals surface area (Å²) >= 11 is 5.53. The van der Waals surface area contributed by atoms with Crippen LogP contribution in [0.4, 0.5) is 0 Å². The van der Waals surface area contributed by atoms with Crippen molar-refractivity contribution in [3.8, 4) is 5.75 Å². The van der Waals surface area contributed by atoms with Gasteiger partial charge in [0.25, 0.3) is 0 Å². The van der Waals surface area contributed by atoms with Crippen molar-refractivity contribution in [2.45, 2.75) is 19.1 Å². The molecule has 0 aliphatic rings. The molecule has 0 bridgehead atoms. The van der Waals surface area contributed by atoms with Crippen LogP contribution in [0.3, 0.4) is 0 Å². The molecular weight excluding hydrogens is 346 g/mol. The van der Waals surface area contributed by atoms with Crippen molar-refractivity contribution in [1.82, 2.24) is 4.90 Å². The predicted octanol–water partition coefficient (Wildman–Crippen LogP) is 3.77. The highest BCUT2D eigenvalue weighted by Gasteiger charge is 2.23. The molecular formula is C21H29NO3S. The number of ether oxygens (including phenoxy) is 2. The van der Waals surface area contributed by atoms with Gasteiger partial charge in [-0.3, -0.25) is 0 Å². The fourth-order valence-corrected chi connectivity index (χ4v) is 2.90. The van der Waals surface area contributed by atoms with Gasteiger partial charge in [0.15, 0.2) is 0 Å². The summed E-state index contributed by atoms with van der Waals surface area (Å²) in [6, 6.07) is 7.71. The van der Waals surface area contributed by atoms with Crippen LogP contribution in [-0.4, -0.2) is 47.9 Å². The van der Waals surface area contributed by atoms with Crippen LogP contribution < -0.4 is 4.74 Å². The van der Waals surface area contributed by atoms with Crippen molar-refractivity contribution < 1.29 is 14.6 Å². The molecule has 0 aliphatic carbocycles. The summed E-state index contributed by atoms with van der Waals surface area (Å²) in [7, 11) is 1.64. The maximum absolute atomic E-state index is 10.5. The van der Waals surface area contributed by atoms with E-state index in [-0.39, 0.29) is 5.92 Å². The molecule has 0 aliphatic heterocycles. The van der Waals surface area contributed by atoms with Crippen molar-refractivity contribution in [2.24, 2.45) is 5.92 Å². The summed E-state index contributed by atoms with van der Waals surface area (Å²) in [5, 5.41) is 10.5. The van der Waals surface area contributed by atoms with E-state index in [1.165, 1.54) is 0 Å². The standard InChI is InChI=1S/C21H29NO3S/c1-5-13-22(14-6-2)21(26)19(7-3)20(23)12-15-25-16-17-8-10-18(24-4)11-9-17/h5-11,19-20,23H,1-3,12-16H2,4H3/t19-,20+/m1/s1. The number of hydrogen-bond donors (Lipinski definition) is 1. The quantitative estimate of drug-likeness (QED) is 0.323. The van der Waals surface area contributed by atoms with Crippen molar-refractivity contribution in [3.63, 3.8) is 0 Å². The Bertz CT molecular complexity index is 575. The lowest BCUT2D eigenvalue weighted by Gasteiger charge is -2.29. The molecule has 1 aromatic rings. The van der Waals surface area contributed by atoms with E-state index in [1.54, 1.807) is 25.3 Å². The summed E-state index contributed by atoms with van der Waals surface area (Å²) in [4.78, 5) is 2.59. The molecule has 0 saturated carbocycles. The van der Waals surface area contributed by atoms with E-state index in [1.807, 2.05) is 29.2 Å². The molecule has 142 valence electrons. The molecule has 2 atom stereocenters. The molecule has 1 aromatic carbocycles. The fourth-order valence-electron chi connectivity index (χ4n) is 2.49. The van der Waals surface area contributed by atoms with Crippen LogP contribution in [0.1, 0.15) is 12.0 Å². The van der Waals surface area contributed by atoms with E-state index in [9.17, 15) is 5.11 Å². The lowest BCUT2D eigenvalue weighted by atomic mass is 9.99. The van der Waals surface area contributed by atoms with Gasteiger partial charge in [-0.25, -0.2) is 0 Å². The second kappa shape index (κ2) is 12.4. The number of hydrogen-bond acceptors (Lipinski definition) is 4. The second-order valence-electron chi connectivity index (χ2n) is 5.84. The molecule has 26 heavy (non-hydrogen) atoms. The number of benzene rings is 1. The van der Waals surface area contributed by atoms with Gasteiger partial charge in [-0.15, -0.1) is 19.7 Å². The van der Waals surface area contributed by atoms with Gasteiger partial charge >= 0.3 is 0 Å². The molecule has 0 aromatic heterocycles. The monoisotopic (exact) mass is 375 g/mol. The first-order valence-corrected chi connectivity index (χ1v) is 9.00. The zero-order valence-corrected chi connectivity index (χ0v) is 16.3. The normalized spacial score (nSPS) is 12.7. The maximum Gasteiger partial charge on any atom is 0.118 e. The van der Waals surface area contributed by atoms with Crippen molar-refractivity contribution in [1.29, 1.82) is 0 Å². The van der Waals surface area contributed by atoms with Gasteiger partial charge in [-0.05, 0) is 24.1 Å². The van der Waals surface area contributed by atoms with E-state index < -0.39 is 6.10 Å². The number of nitrogens with zero attached hydrogens (tertiary/aromatic N) is 1. The minimum absolute atomic E-state index is 0.311. The molecule has 1 N–H and O–H groups in total. The van der Waals surface area contributed by atoms with Crippen LogP contribution in [-0.2, 0) is 11.3 Å². The Kier molecular flexibility index (Phi) is 10.5. The van der Waals surface area contributed by atoms with Gasteiger partial charge in [-0.2, -0.15) is 0 Å². The molecule has 0 saturated heterocycles. The summed E-state index contributed by atoms with van der Waals surface area (Å²) in [5.41, 5.74) is 1.05. The Labute approximate surface area is 162 Å². The lowest BCUT2D eigenvalue weighted by Crippen LogP contribution is -2.39. The van der Waals surface area contributed by atoms with E-state index in [0.717, 1.165) is 11.3 Å². The number of methoxy groups -OCH3 is 1. The Hall–Kier alpha value is -1.95. The first kappa shape index (κ1) is 22.1. The van der Waals surface area contributed by atoms with Gasteiger partial charge in [0.2, 0.25) is 0 Å². The fraction of sp³-hybridized carbons (Fsp3) is 0.381. The lowest BCUT2D eigenvalue weighted by molar-refractivity contribution is 0.0652. The summed E-state index contributed by atoms with van der Waals surface area (Å²) in [6.07, 6.45) is 5.08. The Morgan fingerprint density at radius 1 is 1.19 bits per heavy atom. The topological polar surface area (TPSA) is 41.9 Å². The van der Waals surface area contributed by atoms with Crippen molar-refractivity contribution in [2.75, 3.05) is 26.8 Å². The van der Waals surface area contributed by atoms with Crippen LogP contribution in [0.15, 0.2) is 62.2 Å². The minimum Gasteiger partial charge on any atom is -0.497 e. The zero-order valence-electron chi connectivity index (χ0n) is 15.5. The van der Waals surface area contributed by atoms with Crippen LogP contribution in [0.2, 0.25) is 0 Å². The molecule has 0 spiro atoms. The zero-order chi connectivity index (χ0) is 19.4. The summed E-state index contributed by atoms with van der Waals surface area (Å²) in [6.45, 7) is 13.4. The Morgan fingerprint density at radius 3 is 2.31 bits per heavy atom. The molecule has 0 unspecified atom stereocenters. The van der Waals surface area contributed by atoms with Gasteiger partial charge in [-0.1, -0.05) is 42.6 Å². The molecule has 4 nitrogen and oxygen atoms in total. The third-order valence-electron chi connectivity index (χ3n) is 3.95. The number of thiocarbonyl (C=S) groups is 1. The predicted molar refractivity (Wildman–Crippen MR) is 112 cm³/mol. The number of aliphatic hydroxyl groups is 1. The highest BCUT2D eigenvalue weighted by Crippen LogP contribution is 2.16. The molecule has 0 heterocycles. The van der Waals surface area contributed by atoms with Crippen molar-refractivity contribution in [3.05, 3.63) is 67.8 Å². The van der Waals surface area contributed by atoms with Gasteiger partial charge in [0.05, 0.1) is 30.7 Å². The molecule has 1 rings (SSSR count). The molecule has 0 radical (unpaired) electrons. The highest BCUT2D eigenvalue weighted by atomic mass is 32.1. The Balaban J connectivity index is 2.48. The van der Waals surface area contributed by atoms with E-state index in [2.05, 4.69) is 19.7 Å². The van der Waals surface area contributed by atoms with E-state index >= 15 is 0 Å². The summed E-state index contributed by atoms with van der Waals surface area (Å²) < 4.78 is 10.8. The second-order valence-corrected chi connectivity index (χ2v) is 6.26. The maximum atomic E-state index is 10.5. The highest BCUT2D eigenvalue weighted by molar-refractivity contribution is 7.80. The first-order chi connectivity index (χ1) is 12.6. The SMILES string of the molecule is C=CCN(CC=C)C(=S)[C@H](C=C)[C@@H](O)CCOCc1ccc(OC)cc1.